The van der Waals surface area contributed by atoms with Crippen molar-refractivity contribution < 1.29 is 14.3 Å². The quantitative estimate of drug-likeness (QED) is 0.265. The van der Waals surface area contributed by atoms with Gasteiger partial charge in [-0.05, 0) is 95.6 Å². The van der Waals surface area contributed by atoms with E-state index < -0.39 is 0 Å². The first kappa shape index (κ1) is 24.7. The van der Waals surface area contributed by atoms with Crippen LogP contribution in [0.15, 0.2) is 53.0 Å². The molecule has 3 aromatic carbocycles. The molecule has 5 nitrogen and oxygen atoms in total. The molecule has 0 aliphatic heterocycles. The van der Waals surface area contributed by atoms with E-state index in [1.165, 1.54) is 0 Å². The Kier molecular flexibility index (Phi) is 8.67. The summed E-state index contributed by atoms with van der Waals surface area (Å²) in [7, 11) is 1.59. The number of hydrogen-bond donors (Lipinski definition) is 2. The van der Waals surface area contributed by atoms with Crippen LogP contribution in [0.3, 0.4) is 0 Å². The van der Waals surface area contributed by atoms with Crippen LogP contribution in [0.5, 0.6) is 11.5 Å². The molecule has 1 amide bonds. The third-order valence-corrected chi connectivity index (χ3v) is 6.47. The highest BCUT2D eigenvalue weighted by atomic mass is 127. The molecule has 0 bridgehead atoms. The highest BCUT2D eigenvalue weighted by molar-refractivity contribution is 14.1. The first-order valence-corrected chi connectivity index (χ1v) is 12.1. The van der Waals surface area contributed by atoms with Crippen LogP contribution in [0.25, 0.3) is 0 Å². The number of benzene rings is 3. The number of anilines is 2. The van der Waals surface area contributed by atoms with E-state index in [4.69, 9.17) is 21.1 Å². The van der Waals surface area contributed by atoms with E-state index in [0.29, 0.717) is 28.8 Å². The number of carbonyl (C=O) groups is 1. The number of methoxy groups -OCH3 is 1. The normalized spacial score (nSPS) is 10.6. The SMILES string of the molecule is COc1cc(CNc2ccc(Br)cc2C)cc(I)c1OCC(=O)Nc1ccc(C)c(Cl)c1. The third-order valence-electron chi connectivity index (χ3n) is 4.76. The minimum atomic E-state index is -0.278. The Labute approximate surface area is 215 Å². The van der Waals surface area contributed by atoms with Crippen molar-refractivity contribution in [1.82, 2.24) is 0 Å². The molecule has 2 N–H and O–H groups in total. The van der Waals surface area contributed by atoms with Crippen molar-refractivity contribution in [3.05, 3.63) is 78.3 Å². The summed E-state index contributed by atoms with van der Waals surface area (Å²) in [6.45, 7) is 4.45. The number of halogens is 3. The zero-order chi connectivity index (χ0) is 23.3. The molecule has 8 heteroatoms. The van der Waals surface area contributed by atoms with Crippen LogP contribution >= 0.6 is 50.1 Å². The minimum absolute atomic E-state index is 0.145. The van der Waals surface area contributed by atoms with Gasteiger partial charge in [0.2, 0.25) is 0 Å². The van der Waals surface area contributed by atoms with Crippen molar-refractivity contribution in [2.45, 2.75) is 20.4 Å². The predicted molar refractivity (Wildman–Crippen MR) is 142 cm³/mol. The van der Waals surface area contributed by atoms with E-state index in [1.807, 2.05) is 37.3 Å². The van der Waals surface area contributed by atoms with E-state index in [-0.39, 0.29) is 12.5 Å². The summed E-state index contributed by atoms with van der Waals surface area (Å²) in [5.41, 5.74) is 4.84. The fraction of sp³-hybridized carbons (Fsp3) is 0.208. The lowest BCUT2D eigenvalue weighted by Crippen LogP contribution is -2.20. The number of hydrogen-bond acceptors (Lipinski definition) is 4. The molecular weight excluding hydrogens is 607 g/mol. The van der Waals surface area contributed by atoms with Gasteiger partial charge in [-0.2, -0.15) is 0 Å². The van der Waals surface area contributed by atoms with E-state index in [2.05, 4.69) is 62.1 Å². The topological polar surface area (TPSA) is 59.6 Å². The molecule has 0 radical (unpaired) electrons. The highest BCUT2D eigenvalue weighted by Gasteiger charge is 2.14. The molecule has 32 heavy (non-hydrogen) atoms. The van der Waals surface area contributed by atoms with Crippen LogP contribution < -0.4 is 20.1 Å². The lowest BCUT2D eigenvalue weighted by molar-refractivity contribution is -0.118. The summed E-state index contributed by atoms with van der Waals surface area (Å²) in [5, 5.41) is 6.84. The first-order valence-electron chi connectivity index (χ1n) is 9.82. The van der Waals surface area contributed by atoms with Gasteiger partial charge in [0.1, 0.15) is 0 Å². The van der Waals surface area contributed by atoms with Crippen molar-refractivity contribution in [2.75, 3.05) is 24.4 Å². The maximum Gasteiger partial charge on any atom is 0.262 e. The number of ether oxygens (including phenoxy) is 2. The summed E-state index contributed by atoms with van der Waals surface area (Å²) in [4.78, 5) is 12.3. The van der Waals surface area contributed by atoms with Crippen LogP contribution in [-0.2, 0) is 11.3 Å². The molecule has 0 saturated carbocycles. The Bertz CT molecular complexity index is 1140. The zero-order valence-corrected chi connectivity index (χ0v) is 22.4. The molecule has 0 atom stereocenters. The van der Waals surface area contributed by atoms with E-state index in [1.54, 1.807) is 19.2 Å². The molecule has 0 saturated heterocycles. The standard InChI is InChI=1S/C24H23BrClIN2O3/c1-14-4-6-18(11-19(14)26)29-23(30)13-32-24-20(27)9-16(10-22(24)31-3)12-28-21-7-5-17(25)8-15(21)2/h4-11,28H,12-13H2,1-3H3,(H,29,30). The lowest BCUT2D eigenvalue weighted by Gasteiger charge is -2.16. The van der Waals surface area contributed by atoms with Gasteiger partial charge in [0, 0.05) is 27.4 Å². The maximum atomic E-state index is 12.3. The molecule has 3 aromatic rings. The summed E-state index contributed by atoms with van der Waals surface area (Å²) in [6, 6.07) is 15.4. The second-order valence-electron chi connectivity index (χ2n) is 7.22. The second kappa shape index (κ2) is 11.2. The van der Waals surface area contributed by atoms with Crippen LogP contribution in [0.1, 0.15) is 16.7 Å². The van der Waals surface area contributed by atoms with Gasteiger partial charge >= 0.3 is 0 Å². The largest absolute Gasteiger partial charge is 0.493 e. The Morgan fingerprint density at radius 2 is 1.88 bits per heavy atom. The molecule has 0 fully saturated rings. The number of rotatable bonds is 8. The maximum absolute atomic E-state index is 12.3. The fourth-order valence-corrected chi connectivity index (χ4v) is 4.52. The summed E-state index contributed by atoms with van der Waals surface area (Å²) in [6.07, 6.45) is 0. The van der Waals surface area contributed by atoms with Crippen LogP contribution in [0.2, 0.25) is 5.02 Å². The van der Waals surface area contributed by atoms with Gasteiger partial charge in [0.05, 0.1) is 10.7 Å². The minimum Gasteiger partial charge on any atom is -0.493 e. The summed E-state index contributed by atoms with van der Waals surface area (Å²) in [5.74, 6) is 0.834. The van der Waals surface area contributed by atoms with Crippen molar-refractivity contribution in [1.29, 1.82) is 0 Å². The summed E-state index contributed by atoms with van der Waals surface area (Å²) >= 11 is 11.8. The van der Waals surface area contributed by atoms with Crippen LogP contribution in [0.4, 0.5) is 11.4 Å². The van der Waals surface area contributed by atoms with Gasteiger partial charge in [0.25, 0.3) is 5.91 Å². The smallest absolute Gasteiger partial charge is 0.262 e. The predicted octanol–water partition coefficient (Wildman–Crippen LogP) is 6.96. The second-order valence-corrected chi connectivity index (χ2v) is 9.71. The molecule has 0 aliphatic rings. The molecular formula is C24H23BrClIN2O3. The number of amides is 1. The van der Waals surface area contributed by atoms with Crippen molar-refractivity contribution in [3.8, 4) is 11.5 Å². The van der Waals surface area contributed by atoms with Crippen molar-refractivity contribution >= 4 is 67.4 Å². The average Bonchev–Trinajstić information content (AvgIpc) is 2.74. The summed E-state index contributed by atoms with van der Waals surface area (Å²) < 4.78 is 13.2. The van der Waals surface area contributed by atoms with Gasteiger partial charge in [-0.1, -0.05) is 33.6 Å². The average molecular weight is 630 g/mol. The van der Waals surface area contributed by atoms with Gasteiger partial charge in [-0.25, -0.2) is 0 Å². The third kappa shape index (κ3) is 6.52. The zero-order valence-electron chi connectivity index (χ0n) is 17.9. The van der Waals surface area contributed by atoms with Gasteiger partial charge in [-0.3, -0.25) is 4.79 Å². The molecule has 0 heterocycles. The Hall–Kier alpha value is -1.97. The Morgan fingerprint density at radius 1 is 1.09 bits per heavy atom. The molecule has 0 aliphatic carbocycles. The van der Waals surface area contributed by atoms with Crippen molar-refractivity contribution in [3.63, 3.8) is 0 Å². The lowest BCUT2D eigenvalue weighted by atomic mass is 10.1. The van der Waals surface area contributed by atoms with Gasteiger partial charge in [0.15, 0.2) is 18.1 Å². The van der Waals surface area contributed by atoms with Crippen LogP contribution in [0, 0.1) is 17.4 Å². The molecule has 0 spiro atoms. The van der Waals surface area contributed by atoms with Gasteiger partial charge in [-0.15, -0.1) is 0 Å². The molecule has 0 unspecified atom stereocenters. The Morgan fingerprint density at radius 3 is 2.56 bits per heavy atom. The number of carbonyl (C=O) groups excluding carboxylic acids is 1. The van der Waals surface area contributed by atoms with E-state index >= 15 is 0 Å². The monoisotopic (exact) mass is 628 g/mol. The van der Waals surface area contributed by atoms with Gasteiger partial charge < -0.3 is 20.1 Å². The highest BCUT2D eigenvalue weighted by Crippen LogP contribution is 2.34. The Balaban J connectivity index is 1.65. The first-order chi connectivity index (χ1) is 15.3. The molecule has 168 valence electrons. The molecule has 0 aromatic heterocycles. The molecule has 3 rings (SSSR count). The van der Waals surface area contributed by atoms with Crippen LogP contribution in [-0.4, -0.2) is 19.6 Å². The van der Waals surface area contributed by atoms with E-state index in [0.717, 1.165) is 30.4 Å². The number of nitrogens with one attached hydrogen (secondary N) is 2. The van der Waals surface area contributed by atoms with E-state index in [9.17, 15) is 4.79 Å². The number of aryl methyl sites for hydroxylation is 2. The fourth-order valence-electron chi connectivity index (χ4n) is 3.04. The van der Waals surface area contributed by atoms with Crippen molar-refractivity contribution in [2.24, 2.45) is 0 Å².